The lowest BCUT2D eigenvalue weighted by atomic mass is 10.3. The summed E-state index contributed by atoms with van der Waals surface area (Å²) in [6.07, 6.45) is 0. The fourth-order valence-electron chi connectivity index (χ4n) is 1.28. The molecular formula is C9H17N3O3S. The topological polar surface area (TPSA) is 93.5 Å². The van der Waals surface area contributed by atoms with Crippen LogP contribution in [0.1, 0.15) is 0 Å². The second kappa shape index (κ2) is 7.48. The van der Waals surface area contributed by atoms with E-state index in [2.05, 4.69) is 10.6 Å². The zero-order chi connectivity index (χ0) is 11.8. The third kappa shape index (κ3) is 5.34. The molecule has 7 heteroatoms. The Morgan fingerprint density at radius 1 is 1.56 bits per heavy atom. The van der Waals surface area contributed by atoms with Crippen LogP contribution in [0.2, 0.25) is 0 Å². The van der Waals surface area contributed by atoms with Crippen LogP contribution in [0, 0.1) is 0 Å². The molecule has 0 radical (unpaired) electrons. The Morgan fingerprint density at radius 2 is 2.38 bits per heavy atom. The van der Waals surface area contributed by atoms with Crippen LogP contribution < -0.4 is 16.4 Å². The maximum Gasteiger partial charge on any atom is 0.243 e. The van der Waals surface area contributed by atoms with Crippen LogP contribution in [0.15, 0.2) is 0 Å². The SMILES string of the molecule is NC(=O)COCCNC(=O)C1CSCCN1. The summed E-state index contributed by atoms with van der Waals surface area (Å²) in [6, 6.07) is -0.116. The number of carbonyl (C=O) groups is 2. The molecule has 0 aliphatic carbocycles. The van der Waals surface area contributed by atoms with E-state index in [1.54, 1.807) is 11.8 Å². The van der Waals surface area contributed by atoms with Crippen LogP contribution in [0.4, 0.5) is 0 Å². The number of amides is 2. The van der Waals surface area contributed by atoms with Crippen molar-refractivity contribution in [3.8, 4) is 0 Å². The highest BCUT2D eigenvalue weighted by Gasteiger charge is 2.19. The zero-order valence-corrected chi connectivity index (χ0v) is 9.85. The molecule has 0 aromatic rings. The summed E-state index contributed by atoms with van der Waals surface area (Å²) in [6.45, 7) is 1.46. The number of rotatable bonds is 6. The van der Waals surface area contributed by atoms with Gasteiger partial charge in [-0.2, -0.15) is 11.8 Å². The predicted molar refractivity (Wildman–Crippen MR) is 62.1 cm³/mol. The van der Waals surface area contributed by atoms with Crippen LogP contribution in [0.3, 0.4) is 0 Å². The van der Waals surface area contributed by atoms with E-state index >= 15 is 0 Å². The van der Waals surface area contributed by atoms with Gasteiger partial charge >= 0.3 is 0 Å². The molecule has 1 atom stereocenters. The van der Waals surface area contributed by atoms with Crippen molar-refractivity contribution in [1.29, 1.82) is 0 Å². The fraction of sp³-hybridized carbons (Fsp3) is 0.778. The molecule has 16 heavy (non-hydrogen) atoms. The van der Waals surface area contributed by atoms with Crippen molar-refractivity contribution in [2.45, 2.75) is 6.04 Å². The second-order valence-electron chi connectivity index (χ2n) is 3.39. The van der Waals surface area contributed by atoms with E-state index in [0.717, 1.165) is 18.1 Å². The molecule has 2 amide bonds. The van der Waals surface area contributed by atoms with Crippen molar-refractivity contribution >= 4 is 23.6 Å². The number of primary amides is 1. The van der Waals surface area contributed by atoms with Crippen molar-refractivity contribution in [1.82, 2.24) is 10.6 Å². The van der Waals surface area contributed by atoms with Crippen LogP contribution in [-0.2, 0) is 14.3 Å². The standard InChI is InChI=1S/C9H17N3O3S/c10-8(13)5-15-3-1-12-9(14)7-6-16-4-2-11-7/h7,11H,1-6H2,(H2,10,13)(H,12,14). The van der Waals surface area contributed by atoms with E-state index in [1.807, 2.05) is 0 Å². The van der Waals surface area contributed by atoms with E-state index in [-0.39, 0.29) is 18.6 Å². The van der Waals surface area contributed by atoms with Gasteiger partial charge in [-0.05, 0) is 0 Å². The van der Waals surface area contributed by atoms with Gasteiger partial charge in [-0.1, -0.05) is 0 Å². The summed E-state index contributed by atoms with van der Waals surface area (Å²) < 4.78 is 4.92. The molecule has 6 nitrogen and oxygen atoms in total. The molecule has 0 bridgehead atoms. The van der Waals surface area contributed by atoms with Gasteiger partial charge in [0.25, 0.3) is 0 Å². The molecule has 1 fully saturated rings. The minimum atomic E-state index is -0.503. The Morgan fingerprint density at radius 3 is 3.00 bits per heavy atom. The summed E-state index contributed by atoms with van der Waals surface area (Å²) in [7, 11) is 0. The number of thioether (sulfide) groups is 1. The first-order chi connectivity index (χ1) is 7.70. The lowest BCUT2D eigenvalue weighted by Gasteiger charge is -2.22. The average molecular weight is 247 g/mol. The van der Waals surface area contributed by atoms with Gasteiger partial charge in [0.15, 0.2) is 0 Å². The Bertz CT molecular complexity index is 244. The smallest absolute Gasteiger partial charge is 0.243 e. The zero-order valence-electron chi connectivity index (χ0n) is 9.03. The lowest BCUT2D eigenvalue weighted by molar-refractivity contribution is -0.123. The molecule has 4 N–H and O–H groups in total. The number of ether oxygens (including phenoxy) is 1. The molecule has 0 saturated carbocycles. The van der Waals surface area contributed by atoms with Crippen LogP contribution in [-0.4, -0.2) is 55.7 Å². The largest absolute Gasteiger partial charge is 0.370 e. The monoisotopic (exact) mass is 247 g/mol. The molecule has 1 rings (SSSR count). The van der Waals surface area contributed by atoms with Gasteiger partial charge < -0.3 is 21.1 Å². The highest BCUT2D eigenvalue weighted by Crippen LogP contribution is 2.07. The van der Waals surface area contributed by atoms with Gasteiger partial charge in [0.1, 0.15) is 6.61 Å². The molecule has 1 aliphatic heterocycles. The number of nitrogens with two attached hydrogens (primary N) is 1. The van der Waals surface area contributed by atoms with E-state index < -0.39 is 5.91 Å². The first kappa shape index (κ1) is 13.3. The van der Waals surface area contributed by atoms with Crippen molar-refractivity contribution in [2.75, 3.05) is 37.8 Å². The van der Waals surface area contributed by atoms with Gasteiger partial charge in [-0.25, -0.2) is 0 Å². The van der Waals surface area contributed by atoms with E-state index in [9.17, 15) is 9.59 Å². The first-order valence-corrected chi connectivity index (χ1v) is 6.30. The van der Waals surface area contributed by atoms with E-state index in [1.165, 1.54) is 0 Å². The normalized spacial score (nSPS) is 20.4. The maximum absolute atomic E-state index is 11.6. The molecule has 92 valence electrons. The molecule has 1 heterocycles. The Labute approximate surface area is 98.7 Å². The van der Waals surface area contributed by atoms with Crippen molar-refractivity contribution < 1.29 is 14.3 Å². The maximum atomic E-state index is 11.6. The Kier molecular flexibility index (Phi) is 6.20. The average Bonchev–Trinajstić information content (AvgIpc) is 2.29. The van der Waals surface area contributed by atoms with Crippen LogP contribution in [0.5, 0.6) is 0 Å². The van der Waals surface area contributed by atoms with Gasteiger partial charge in [0, 0.05) is 24.6 Å². The molecule has 1 unspecified atom stereocenters. The highest BCUT2D eigenvalue weighted by molar-refractivity contribution is 7.99. The minimum absolute atomic E-state index is 0.0186. The van der Waals surface area contributed by atoms with Gasteiger partial charge in [0.05, 0.1) is 12.6 Å². The third-order valence-corrected chi connectivity index (χ3v) is 3.09. The van der Waals surface area contributed by atoms with Crippen molar-refractivity contribution in [3.63, 3.8) is 0 Å². The molecule has 0 aromatic carbocycles. The second-order valence-corrected chi connectivity index (χ2v) is 4.54. The Balaban J connectivity index is 2.03. The summed E-state index contributed by atoms with van der Waals surface area (Å²) in [5, 5.41) is 5.86. The van der Waals surface area contributed by atoms with Gasteiger partial charge in [-0.3, -0.25) is 9.59 Å². The number of hydrogen-bond acceptors (Lipinski definition) is 5. The molecule has 1 saturated heterocycles. The minimum Gasteiger partial charge on any atom is -0.370 e. The summed E-state index contributed by atoms with van der Waals surface area (Å²) in [5.74, 6) is 1.32. The summed E-state index contributed by atoms with van der Waals surface area (Å²) in [4.78, 5) is 21.9. The van der Waals surface area contributed by atoms with Crippen molar-refractivity contribution in [3.05, 3.63) is 0 Å². The summed E-state index contributed by atoms with van der Waals surface area (Å²) >= 11 is 1.76. The lowest BCUT2D eigenvalue weighted by Crippen LogP contribution is -2.49. The summed E-state index contributed by atoms with van der Waals surface area (Å²) in [5.41, 5.74) is 4.89. The molecule has 0 spiro atoms. The molecule has 0 aromatic heterocycles. The van der Waals surface area contributed by atoms with Gasteiger partial charge in [-0.15, -0.1) is 0 Å². The highest BCUT2D eigenvalue weighted by atomic mass is 32.2. The van der Waals surface area contributed by atoms with Crippen molar-refractivity contribution in [2.24, 2.45) is 5.73 Å². The number of hydrogen-bond donors (Lipinski definition) is 3. The van der Waals surface area contributed by atoms with Gasteiger partial charge in [0.2, 0.25) is 11.8 Å². The molecule has 1 aliphatic rings. The van der Waals surface area contributed by atoms with E-state index in [0.29, 0.717) is 13.2 Å². The quantitative estimate of drug-likeness (QED) is 0.487. The van der Waals surface area contributed by atoms with Crippen LogP contribution >= 0.6 is 11.8 Å². The predicted octanol–water partition coefficient (Wildman–Crippen LogP) is -1.69. The number of carbonyl (C=O) groups excluding carboxylic acids is 2. The number of nitrogens with one attached hydrogen (secondary N) is 2. The molecular weight excluding hydrogens is 230 g/mol. The fourth-order valence-corrected chi connectivity index (χ4v) is 2.21. The van der Waals surface area contributed by atoms with Crippen LogP contribution in [0.25, 0.3) is 0 Å². The third-order valence-electron chi connectivity index (χ3n) is 2.03. The first-order valence-electron chi connectivity index (χ1n) is 5.15. The Hall–Kier alpha value is -0.790. The van der Waals surface area contributed by atoms with E-state index in [4.69, 9.17) is 10.5 Å².